The Morgan fingerprint density at radius 2 is 2.13 bits per heavy atom. The molecule has 1 amide bonds. The van der Waals surface area contributed by atoms with Crippen molar-refractivity contribution in [1.29, 1.82) is 0 Å². The monoisotopic (exact) mass is 212 g/mol. The highest BCUT2D eigenvalue weighted by molar-refractivity contribution is 5.81. The zero-order valence-electron chi connectivity index (χ0n) is 10.2. The Bertz CT molecular complexity index is 212. The van der Waals surface area contributed by atoms with Crippen LogP contribution in [0.2, 0.25) is 0 Å². The SMILES string of the molecule is CCCCNC(=O)C(C)NCC1(C)CC1. The molecule has 0 aromatic heterocycles. The highest BCUT2D eigenvalue weighted by Gasteiger charge is 2.37. The van der Waals surface area contributed by atoms with Crippen molar-refractivity contribution < 1.29 is 4.79 Å². The zero-order chi connectivity index (χ0) is 11.3. The molecule has 0 saturated heterocycles. The Morgan fingerprint density at radius 1 is 1.47 bits per heavy atom. The summed E-state index contributed by atoms with van der Waals surface area (Å²) in [5.74, 6) is 0.132. The third kappa shape index (κ3) is 4.65. The number of hydrogen-bond acceptors (Lipinski definition) is 2. The molecule has 0 bridgehead atoms. The van der Waals surface area contributed by atoms with E-state index < -0.39 is 0 Å². The molecule has 1 fully saturated rings. The number of carbonyl (C=O) groups excluding carboxylic acids is 1. The van der Waals surface area contributed by atoms with Gasteiger partial charge in [0.25, 0.3) is 0 Å². The lowest BCUT2D eigenvalue weighted by molar-refractivity contribution is -0.122. The van der Waals surface area contributed by atoms with Crippen molar-refractivity contribution in [1.82, 2.24) is 10.6 Å². The van der Waals surface area contributed by atoms with E-state index in [0.717, 1.165) is 25.9 Å². The molecule has 1 aliphatic carbocycles. The normalized spacial score (nSPS) is 19.7. The van der Waals surface area contributed by atoms with E-state index in [-0.39, 0.29) is 11.9 Å². The Hall–Kier alpha value is -0.570. The fourth-order valence-corrected chi connectivity index (χ4v) is 1.42. The molecule has 15 heavy (non-hydrogen) atoms. The van der Waals surface area contributed by atoms with Gasteiger partial charge in [0.1, 0.15) is 0 Å². The van der Waals surface area contributed by atoms with Crippen molar-refractivity contribution in [3.8, 4) is 0 Å². The smallest absolute Gasteiger partial charge is 0.236 e. The molecule has 1 unspecified atom stereocenters. The van der Waals surface area contributed by atoms with E-state index >= 15 is 0 Å². The summed E-state index contributed by atoms with van der Waals surface area (Å²) in [6.45, 7) is 8.10. The van der Waals surface area contributed by atoms with Crippen LogP contribution in [-0.4, -0.2) is 25.0 Å². The first-order valence-electron chi connectivity index (χ1n) is 6.08. The standard InChI is InChI=1S/C12H24N2O/c1-4-5-8-13-11(15)10(2)14-9-12(3)6-7-12/h10,14H,4-9H2,1-3H3,(H,13,15). The molecule has 1 atom stereocenters. The second-order valence-electron chi connectivity index (χ2n) is 5.06. The summed E-state index contributed by atoms with van der Waals surface area (Å²) in [6, 6.07) is -0.0562. The molecule has 0 aromatic carbocycles. The first-order chi connectivity index (χ1) is 7.07. The molecule has 0 aromatic rings. The minimum atomic E-state index is -0.0562. The minimum absolute atomic E-state index is 0.0562. The van der Waals surface area contributed by atoms with Crippen molar-refractivity contribution in [2.45, 2.75) is 52.5 Å². The highest BCUT2D eigenvalue weighted by atomic mass is 16.2. The summed E-state index contributed by atoms with van der Waals surface area (Å²) >= 11 is 0. The molecule has 1 aliphatic rings. The lowest BCUT2D eigenvalue weighted by Gasteiger charge is -2.16. The van der Waals surface area contributed by atoms with Gasteiger partial charge in [-0.25, -0.2) is 0 Å². The Morgan fingerprint density at radius 3 is 2.67 bits per heavy atom. The summed E-state index contributed by atoms with van der Waals surface area (Å²) in [4.78, 5) is 11.6. The van der Waals surface area contributed by atoms with E-state index in [1.54, 1.807) is 0 Å². The van der Waals surface area contributed by atoms with Crippen molar-refractivity contribution in [3.63, 3.8) is 0 Å². The largest absolute Gasteiger partial charge is 0.355 e. The average Bonchev–Trinajstić information content (AvgIpc) is 2.94. The number of nitrogens with one attached hydrogen (secondary N) is 2. The molecule has 0 aliphatic heterocycles. The van der Waals surface area contributed by atoms with Crippen LogP contribution in [0.4, 0.5) is 0 Å². The lowest BCUT2D eigenvalue weighted by Crippen LogP contribution is -2.44. The maximum atomic E-state index is 11.6. The van der Waals surface area contributed by atoms with Crippen LogP contribution < -0.4 is 10.6 Å². The predicted octanol–water partition coefficient (Wildman–Crippen LogP) is 1.68. The topological polar surface area (TPSA) is 41.1 Å². The van der Waals surface area contributed by atoms with Crippen LogP contribution in [0.25, 0.3) is 0 Å². The second kappa shape index (κ2) is 5.50. The van der Waals surface area contributed by atoms with E-state index in [1.807, 2.05) is 6.92 Å². The Kier molecular flexibility index (Phi) is 4.58. The van der Waals surface area contributed by atoms with Gasteiger partial charge < -0.3 is 10.6 Å². The maximum Gasteiger partial charge on any atom is 0.236 e. The van der Waals surface area contributed by atoms with Crippen molar-refractivity contribution >= 4 is 5.91 Å². The summed E-state index contributed by atoms with van der Waals surface area (Å²) in [7, 11) is 0. The molecule has 88 valence electrons. The highest BCUT2D eigenvalue weighted by Crippen LogP contribution is 2.44. The van der Waals surface area contributed by atoms with Gasteiger partial charge in [0.2, 0.25) is 5.91 Å². The van der Waals surface area contributed by atoms with Gasteiger partial charge in [0, 0.05) is 13.1 Å². The summed E-state index contributed by atoms with van der Waals surface area (Å²) < 4.78 is 0. The van der Waals surface area contributed by atoms with Gasteiger partial charge in [0.15, 0.2) is 0 Å². The van der Waals surface area contributed by atoms with E-state index in [1.165, 1.54) is 12.8 Å². The van der Waals surface area contributed by atoms with Crippen LogP contribution in [-0.2, 0) is 4.79 Å². The van der Waals surface area contributed by atoms with Gasteiger partial charge in [-0.05, 0) is 31.6 Å². The fourth-order valence-electron chi connectivity index (χ4n) is 1.42. The van der Waals surface area contributed by atoms with E-state index in [9.17, 15) is 4.79 Å². The molecule has 0 heterocycles. The molecule has 0 radical (unpaired) electrons. The number of amides is 1. The molecular formula is C12H24N2O. The van der Waals surface area contributed by atoms with Gasteiger partial charge in [-0.2, -0.15) is 0 Å². The molecule has 1 rings (SSSR count). The van der Waals surface area contributed by atoms with Gasteiger partial charge >= 0.3 is 0 Å². The Balaban J connectivity index is 2.09. The summed E-state index contributed by atoms with van der Waals surface area (Å²) in [5.41, 5.74) is 0.470. The summed E-state index contributed by atoms with van der Waals surface area (Å²) in [6.07, 6.45) is 4.78. The fraction of sp³-hybridized carbons (Fsp3) is 0.917. The van der Waals surface area contributed by atoms with Crippen LogP contribution in [0, 0.1) is 5.41 Å². The van der Waals surface area contributed by atoms with E-state index in [0.29, 0.717) is 5.41 Å². The van der Waals surface area contributed by atoms with Gasteiger partial charge in [-0.3, -0.25) is 4.79 Å². The summed E-state index contributed by atoms with van der Waals surface area (Å²) in [5, 5.41) is 6.24. The van der Waals surface area contributed by atoms with Crippen LogP contribution in [0.3, 0.4) is 0 Å². The van der Waals surface area contributed by atoms with Crippen molar-refractivity contribution in [2.24, 2.45) is 5.41 Å². The molecule has 3 nitrogen and oxygen atoms in total. The van der Waals surface area contributed by atoms with Crippen LogP contribution in [0.5, 0.6) is 0 Å². The molecule has 0 spiro atoms. The third-order valence-corrected chi connectivity index (χ3v) is 3.16. The average molecular weight is 212 g/mol. The Labute approximate surface area is 93.0 Å². The van der Waals surface area contributed by atoms with Crippen LogP contribution >= 0.6 is 0 Å². The van der Waals surface area contributed by atoms with Crippen LogP contribution in [0.1, 0.15) is 46.5 Å². The minimum Gasteiger partial charge on any atom is -0.355 e. The van der Waals surface area contributed by atoms with Gasteiger partial charge in [-0.15, -0.1) is 0 Å². The lowest BCUT2D eigenvalue weighted by atomic mass is 10.1. The van der Waals surface area contributed by atoms with E-state index in [2.05, 4.69) is 24.5 Å². The number of unbranched alkanes of at least 4 members (excludes halogenated alkanes) is 1. The second-order valence-corrected chi connectivity index (χ2v) is 5.06. The maximum absolute atomic E-state index is 11.6. The van der Waals surface area contributed by atoms with Crippen LogP contribution in [0.15, 0.2) is 0 Å². The predicted molar refractivity (Wildman–Crippen MR) is 62.7 cm³/mol. The van der Waals surface area contributed by atoms with Gasteiger partial charge in [-0.1, -0.05) is 20.3 Å². The number of carbonyl (C=O) groups is 1. The molecule has 2 N–H and O–H groups in total. The van der Waals surface area contributed by atoms with Gasteiger partial charge in [0.05, 0.1) is 6.04 Å². The molecule has 1 saturated carbocycles. The molecular weight excluding hydrogens is 188 g/mol. The van der Waals surface area contributed by atoms with Crippen molar-refractivity contribution in [3.05, 3.63) is 0 Å². The molecule has 3 heteroatoms. The zero-order valence-corrected chi connectivity index (χ0v) is 10.2. The first-order valence-corrected chi connectivity index (χ1v) is 6.08. The first kappa shape index (κ1) is 12.5. The van der Waals surface area contributed by atoms with Crippen molar-refractivity contribution in [2.75, 3.05) is 13.1 Å². The quantitative estimate of drug-likeness (QED) is 0.630. The third-order valence-electron chi connectivity index (χ3n) is 3.16. The van der Waals surface area contributed by atoms with E-state index in [4.69, 9.17) is 0 Å². The number of hydrogen-bond donors (Lipinski definition) is 2. The number of rotatable bonds is 7.